The minimum atomic E-state index is -0.238. The lowest BCUT2D eigenvalue weighted by molar-refractivity contribution is -0.152. The first-order valence-electron chi connectivity index (χ1n) is 12.5. The number of nitrogens with zero attached hydrogens (tertiary/aromatic N) is 3. The van der Waals surface area contributed by atoms with Crippen LogP contribution in [0.15, 0.2) is 30.3 Å². The van der Waals surface area contributed by atoms with Gasteiger partial charge in [0.1, 0.15) is 0 Å². The maximum atomic E-state index is 13.4. The highest BCUT2D eigenvalue weighted by molar-refractivity contribution is 5.91. The lowest BCUT2D eigenvalue weighted by Gasteiger charge is -2.50. The summed E-state index contributed by atoms with van der Waals surface area (Å²) in [5.41, 5.74) is 0.950. The minimum Gasteiger partial charge on any atom is -0.375 e. The van der Waals surface area contributed by atoms with E-state index in [1.165, 1.54) is 31.7 Å². The van der Waals surface area contributed by atoms with E-state index in [4.69, 9.17) is 4.74 Å². The molecular formula is C26H39N3O2. The van der Waals surface area contributed by atoms with E-state index in [0.717, 1.165) is 58.2 Å². The molecule has 1 aromatic carbocycles. The van der Waals surface area contributed by atoms with Crippen LogP contribution in [0.4, 0.5) is 0 Å². The number of ether oxygens (including phenoxy) is 1. The molecule has 1 unspecified atom stereocenters. The molecule has 1 aliphatic carbocycles. The summed E-state index contributed by atoms with van der Waals surface area (Å²) in [6, 6.07) is 11.7. The smallest absolute Gasteiger partial charge is 0.233 e. The van der Waals surface area contributed by atoms with Crippen LogP contribution in [0.25, 0.3) is 0 Å². The second-order valence-electron chi connectivity index (χ2n) is 10.6. The van der Waals surface area contributed by atoms with E-state index in [9.17, 15) is 4.79 Å². The molecule has 1 atom stereocenters. The van der Waals surface area contributed by atoms with E-state index in [-0.39, 0.29) is 11.0 Å². The second kappa shape index (κ2) is 8.49. The Kier molecular flexibility index (Phi) is 5.87. The van der Waals surface area contributed by atoms with Crippen molar-refractivity contribution >= 4 is 5.91 Å². The molecule has 3 heterocycles. The van der Waals surface area contributed by atoms with Gasteiger partial charge in [-0.3, -0.25) is 14.6 Å². The molecule has 5 rings (SSSR count). The van der Waals surface area contributed by atoms with Crippen LogP contribution >= 0.6 is 0 Å². The van der Waals surface area contributed by atoms with Crippen molar-refractivity contribution in [1.82, 2.24) is 14.7 Å². The Hall–Kier alpha value is -1.43. The summed E-state index contributed by atoms with van der Waals surface area (Å²) in [6.07, 6.45) is 6.28. The molecule has 5 nitrogen and oxygen atoms in total. The normalized spacial score (nSPS) is 28.7. The van der Waals surface area contributed by atoms with E-state index in [2.05, 4.69) is 52.8 Å². The number of amides is 1. The predicted octanol–water partition coefficient (Wildman–Crippen LogP) is 3.28. The molecule has 0 aromatic heterocycles. The van der Waals surface area contributed by atoms with Gasteiger partial charge in [-0.05, 0) is 57.9 Å². The summed E-state index contributed by atoms with van der Waals surface area (Å²) in [4.78, 5) is 20.9. The largest absolute Gasteiger partial charge is 0.375 e. The van der Waals surface area contributed by atoms with Gasteiger partial charge in [0.25, 0.3) is 0 Å². The number of hydrogen-bond donors (Lipinski definition) is 0. The third-order valence-electron chi connectivity index (χ3n) is 8.51. The van der Waals surface area contributed by atoms with E-state index >= 15 is 0 Å². The zero-order chi connectivity index (χ0) is 21.5. The van der Waals surface area contributed by atoms with Crippen molar-refractivity contribution in [2.24, 2.45) is 0 Å². The van der Waals surface area contributed by atoms with Gasteiger partial charge >= 0.3 is 0 Å². The third-order valence-corrected chi connectivity index (χ3v) is 8.51. The molecule has 1 spiro atoms. The van der Waals surface area contributed by atoms with Crippen molar-refractivity contribution in [2.75, 3.05) is 45.9 Å². The van der Waals surface area contributed by atoms with E-state index in [1.807, 2.05) is 6.07 Å². The molecule has 4 aliphatic rings. The zero-order valence-electron chi connectivity index (χ0n) is 19.4. The molecule has 0 N–H and O–H groups in total. The first-order valence-corrected chi connectivity index (χ1v) is 12.5. The summed E-state index contributed by atoms with van der Waals surface area (Å²) < 4.78 is 6.43. The van der Waals surface area contributed by atoms with Crippen molar-refractivity contribution < 1.29 is 9.53 Å². The summed E-state index contributed by atoms with van der Waals surface area (Å²) in [5.74, 6) is 0.353. The van der Waals surface area contributed by atoms with Gasteiger partial charge in [0.05, 0.1) is 11.0 Å². The molecule has 3 saturated heterocycles. The van der Waals surface area contributed by atoms with Gasteiger partial charge < -0.3 is 9.64 Å². The van der Waals surface area contributed by atoms with Gasteiger partial charge in [-0.2, -0.15) is 0 Å². The van der Waals surface area contributed by atoms with E-state index in [0.29, 0.717) is 18.0 Å². The molecule has 0 radical (unpaired) electrons. The van der Waals surface area contributed by atoms with Crippen LogP contribution in [0, 0.1) is 0 Å². The highest BCUT2D eigenvalue weighted by Gasteiger charge is 2.54. The molecule has 31 heavy (non-hydrogen) atoms. The fourth-order valence-electron chi connectivity index (χ4n) is 6.21. The molecule has 170 valence electrons. The Morgan fingerprint density at radius 3 is 2.26 bits per heavy atom. The van der Waals surface area contributed by atoms with Gasteiger partial charge in [0, 0.05) is 58.0 Å². The number of benzene rings is 1. The number of piperidine rings is 1. The third kappa shape index (κ3) is 4.17. The van der Waals surface area contributed by atoms with Gasteiger partial charge in [0.15, 0.2) is 0 Å². The van der Waals surface area contributed by atoms with Crippen LogP contribution in [-0.2, 0) is 14.9 Å². The molecule has 4 fully saturated rings. The zero-order valence-corrected chi connectivity index (χ0v) is 19.4. The highest BCUT2D eigenvalue weighted by Crippen LogP contribution is 2.50. The van der Waals surface area contributed by atoms with Gasteiger partial charge in [-0.1, -0.05) is 30.3 Å². The van der Waals surface area contributed by atoms with Crippen LogP contribution in [0.1, 0.15) is 57.9 Å². The van der Waals surface area contributed by atoms with E-state index < -0.39 is 0 Å². The average molecular weight is 426 g/mol. The van der Waals surface area contributed by atoms with Crippen molar-refractivity contribution in [1.29, 1.82) is 0 Å². The maximum Gasteiger partial charge on any atom is 0.233 e. The number of hydrogen-bond acceptors (Lipinski definition) is 4. The standard InChI is InChI=1S/C26H39N3O2/c1-21(2)27-15-17-28(18-16-27)23-8-19-31-25(20-23)11-13-29(14-12-25)24(30)26(9-10-26)22-6-4-3-5-7-22/h3-7,21,23H,8-20H2,1-2H3. The Bertz CT molecular complexity index is 760. The lowest BCUT2D eigenvalue weighted by atomic mass is 9.81. The number of rotatable bonds is 4. The van der Waals surface area contributed by atoms with Crippen LogP contribution in [0.2, 0.25) is 0 Å². The van der Waals surface area contributed by atoms with E-state index in [1.54, 1.807) is 0 Å². The Balaban J connectivity index is 1.18. The Morgan fingerprint density at radius 2 is 1.65 bits per heavy atom. The molecule has 1 aromatic rings. The topological polar surface area (TPSA) is 36.0 Å². The molecule has 5 heteroatoms. The monoisotopic (exact) mass is 425 g/mol. The summed E-state index contributed by atoms with van der Waals surface area (Å²) in [6.45, 7) is 11.9. The fourth-order valence-corrected chi connectivity index (χ4v) is 6.21. The average Bonchev–Trinajstić information content (AvgIpc) is 3.62. The fraction of sp³-hybridized carbons (Fsp3) is 0.731. The number of piperazine rings is 1. The quantitative estimate of drug-likeness (QED) is 0.742. The van der Waals surface area contributed by atoms with Crippen molar-refractivity contribution in [3.63, 3.8) is 0 Å². The Labute approximate surface area is 187 Å². The van der Waals surface area contributed by atoms with Gasteiger partial charge in [-0.15, -0.1) is 0 Å². The predicted molar refractivity (Wildman–Crippen MR) is 123 cm³/mol. The molecular weight excluding hydrogens is 386 g/mol. The van der Waals surface area contributed by atoms with Crippen LogP contribution < -0.4 is 0 Å². The van der Waals surface area contributed by atoms with Gasteiger partial charge in [0.2, 0.25) is 5.91 Å². The van der Waals surface area contributed by atoms with Crippen LogP contribution in [0.3, 0.4) is 0 Å². The van der Waals surface area contributed by atoms with Crippen LogP contribution in [0.5, 0.6) is 0 Å². The summed E-state index contributed by atoms with van der Waals surface area (Å²) >= 11 is 0. The number of likely N-dealkylation sites (tertiary alicyclic amines) is 1. The molecule has 1 amide bonds. The van der Waals surface area contributed by atoms with Crippen molar-refractivity contribution in [2.45, 2.75) is 75.5 Å². The van der Waals surface area contributed by atoms with Crippen molar-refractivity contribution in [3.05, 3.63) is 35.9 Å². The number of carbonyl (C=O) groups is 1. The summed E-state index contributed by atoms with van der Waals surface area (Å²) in [5, 5.41) is 0. The highest BCUT2D eigenvalue weighted by atomic mass is 16.5. The first kappa shape index (κ1) is 21.4. The molecule has 0 bridgehead atoms. The van der Waals surface area contributed by atoms with Crippen LogP contribution in [-0.4, -0.2) is 84.2 Å². The SMILES string of the molecule is CC(C)N1CCN(C2CCOC3(CCN(C(=O)C4(c5ccccc5)CC4)CC3)C2)CC1. The molecule has 3 aliphatic heterocycles. The summed E-state index contributed by atoms with van der Waals surface area (Å²) in [7, 11) is 0. The number of carbonyl (C=O) groups excluding carboxylic acids is 1. The van der Waals surface area contributed by atoms with Crippen molar-refractivity contribution in [3.8, 4) is 0 Å². The van der Waals surface area contributed by atoms with Gasteiger partial charge in [-0.25, -0.2) is 0 Å². The first-order chi connectivity index (χ1) is 15.0. The minimum absolute atomic E-state index is 0.0155. The Morgan fingerprint density at radius 1 is 0.968 bits per heavy atom. The maximum absolute atomic E-state index is 13.4. The lowest BCUT2D eigenvalue weighted by Crippen LogP contribution is -2.58. The molecule has 1 saturated carbocycles. The second-order valence-corrected chi connectivity index (χ2v) is 10.6.